The Kier molecular flexibility index (Phi) is 20.2. The van der Waals surface area contributed by atoms with Crippen LogP contribution in [0.3, 0.4) is 0 Å². The standard InChI is InChI=1S/C7H9NO6.C5H6O4.C2H5NO2/c1-13-6(11)2-3-7(12)14-8-4-5(9)10;1-9-5(8)3-2-4(6)7;3-1-2(4)5/h2-3,8H,4H2,1H3,(H,9,10);2-3H,1H3,(H,6,7);1,3H2,(H,4,5)/b2*3-2+;. The van der Waals surface area contributed by atoms with E-state index < -0.39 is 42.4 Å². The van der Waals surface area contributed by atoms with Crippen molar-refractivity contribution in [3.05, 3.63) is 24.3 Å². The van der Waals surface area contributed by atoms with Crippen LogP contribution in [0.25, 0.3) is 0 Å². The van der Waals surface area contributed by atoms with Crippen molar-refractivity contribution in [1.82, 2.24) is 5.48 Å². The molecule has 6 N–H and O–H groups in total. The molecule has 0 atom stereocenters. The van der Waals surface area contributed by atoms with Crippen molar-refractivity contribution < 1.29 is 58.4 Å². The van der Waals surface area contributed by atoms with Crippen molar-refractivity contribution >= 4 is 35.8 Å². The molecule has 0 aromatic rings. The number of carbonyl (C=O) groups excluding carboxylic acids is 3. The summed E-state index contributed by atoms with van der Waals surface area (Å²) in [6.07, 6.45) is 3.21. The van der Waals surface area contributed by atoms with Crippen LogP contribution in [0.1, 0.15) is 0 Å². The van der Waals surface area contributed by atoms with E-state index >= 15 is 0 Å². The number of methoxy groups -OCH3 is 2. The Morgan fingerprint density at radius 3 is 1.50 bits per heavy atom. The summed E-state index contributed by atoms with van der Waals surface area (Å²) in [5, 5.41) is 23.7. The van der Waals surface area contributed by atoms with E-state index in [4.69, 9.17) is 15.3 Å². The van der Waals surface area contributed by atoms with Gasteiger partial charge in [-0.15, -0.1) is 5.48 Å². The highest BCUT2D eigenvalue weighted by Crippen LogP contribution is 1.81. The summed E-state index contributed by atoms with van der Waals surface area (Å²) >= 11 is 0. The number of nitrogens with two attached hydrogens (primary N) is 1. The predicted molar refractivity (Wildman–Crippen MR) is 88.4 cm³/mol. The maximum atomic E-state index is 10.7. The fraction of sp³-hybridized carbons (Fsp3) is 0.286. The number of aliphatic carboxylic acids is 3. The fourth-order valence-electron chi connectivity index (χ4n) is 0.614. The molecule has 0 aliphatic rings. The minimum atomic E-state index is -1.17. The number of hydrogen-bond acceptors (Lipinski definition) is 11. The first-order chi connectivity index (χ1) is 13.0. The lowest BCUT2D eigenvalue weighted by molar-refractivity contribution is -0.149. The molecule has 0 heterocycles. The predicted octanol–water partition coefficient (Wildman–Crippen LogP) is -2.32. The molecule has 14 heteroatoms. The lowest BCUT2D eigenvalue weighted by Gasteiger charge is -1.98. The fourth-order valence-corrected chi connectivity index (χ4v) is 0.614. The molecule has 0 aliphatic carbocycles. The molecule has 0 radical (unpaired) electrons. The van der Waals surface area contributed by atoms with Crippen LogP contribution >= 0.6 is 0 Å². The van der Waals surface area contributed by atoms with Gasteiger partial charge in [0.2, 0.25) is 0 Å². The van der Waals surface area contributed by atoms with Gasteiger partial charge in [0.1, 0.15) is 6.54 Å². The Hall–Kier alpha value is -3.78. The Balaban J connectivity index is -0.000000381. The average Bonchev–Trinajstić information content (AvgIpc) is 2.64. The quantitative estimate of drug-likeness (QED) is 0.123. The largest absolute Gasteiger partial charge is 0.480 e. The molecule has 158 valence electrons. The van der Waals surface area contributed by atoms with E-state index in [-0.39, 0.29) is 6.54 Å². The number of carbonyl (C=O) groups is 6. The van der Waals surface area contributed by atoms with Gasteiger partial charge in [-0.05, 0) is 0 Å². The van der Waals surface area contributed by atoms with Crippen LogP contribution in [0.4, 0.5) is 0 Å². The number of rotatable bonds is 8. The zero-order valence-electron chi connectivity index (χ0n) is 14.8. The lowest BCUT2D eigenvalue weighted by Crippen LogP contribution is -2.25. The zero-order valence-corrected chi connectivity index (χ0v) is 14.8. The summed E-state index contributed by atoms with van der Waals surface area (Å²) in [4.78, 5) is 64.4. The van der Waals surface area contributed by atoms with E-state index in [2.05, 4.69) is 20.0 Å². The Labute approximate surface area is 158 Å². The van der Waals surface area contributed by atoms with E-state index in [9.17, 15) is 28.8 Å². The van der Waals surface area contributed by atoms with Crippen LogP contribution in [0.15, 0.2) is 24.3 Å². The maximum Gasteiger partial charge on any atom is 0.349 e. The smallest absolute Gasteiger partial charge is 0.349 e. The average molecular weight is 408 g/mol. The van der Waals surface area contributed by atoms with Gasteiger partial charge in [-0.3, -0.25) is 9.59 Å². The molecule has 0 aromatic heterocycles. The third-order valence-electron chi connectivity index (χ3n) is 1.69. The molecule has 0 spiro atoms. The minimum absolute atomic E-state index is 0.278. The number of esters is 2. The molecule has 14 nitrogen and oxygen atoms in total. The van der Waals surface area contributed by atoms with Crippen molar-refractivity contribution in [2.24, 2.45) is 5.73 Å². The molecule has 0 unspecified atom stereocenters. The minimum Gasteiger partial charge on any atom is -0.480 e. The number of nitrogens with one attached hydrogen (secondary N) is 1. The second-order valence-electron chi connectivity index (χ2n) is 3.79. The SMILES string of the molecule is COC(=O)/C=C/C(=O)O.COC(=O)/C=C/C(=O)ONCC(=O)O.NCC(=O)O. The van der Waals surface area contributed by atoms with Crippen molar-refractivity contribution in [1.29, 1.82) is 0 Å². The zero-order chi connectivity index (χ0) is 22.5. The third-order valence-corrected chi connectivity index (χ3v) is 1.69. The molecule has 0 aliphatic heterocycles. The topological polar surface area (TPSA) is 229 Å². The summed E-state index contributed by atoms with van der Waals surface area (Å²) < 4.78 is 8.31. The summed E-state index contributed by atoms with van der Waals surface area (Å²) in [7, 11) is 2.33. The van der Waals surface area contributed by atoms with Crippen LogP contribution in [0.5, 0.6) is 0 Å². The summed E-state index contributed by atoms with van der Waals surface area (Å²) in [5.41, 5.74) is 6.45. The van der Waals surface area contributed by atoms with Crippen molar-refractivity contribution in [3.63, 3.8) is 0 Å². The lowest BCUT2D eigenvalue weighted by atomic mass is 10.5. The first-order valence-electron chi connectivity index (χ1n) is 6.82. The first kappa shape index (κ1) is 29.0. The molecule has 0 bridgehead atoms. The Morgan fingerprint density at radius 1 is 0.786 bits per heavy atom. The molecule has 28 heavy (non-hydrogen) atoms. The van der Waals surface area contributed by atoms with Crippen molar-refractivity contribution in [3.8, 4) is 0 Å². The van der Waals surface area contributed by atoms with Gasteiger partial charge in [-0.25, -0.2) is 19.2 Å². The Bertz CT molecular complexity index is 597. The molecule has 0 amide bonds. The molecule has 0 saturated carbocycles. The van der Waals surface area contributed by atoms with Gasteiger partial charge in [0, 0.05) is 24.3 Å². The molecular formula is C14H20N2O12. The molecule has 0 rings (SSSR count). The molecule has 0 aromatic carbocycles. The normalized spacial score (nSPS) is 9.25. The van der Waals surface area contributed by atoms with Gasteiger partial charge < -0.3 is 35.4 Å². The van der Waals surface area contributed by atoms with Gasteiger partial charge in [-0.1, -0.05) is 0 Å². The number of carboxylic acids is 3. The van der Waals surface area contributed by atoms with Crippen molar-refractivity contribution in [2.45, 2.75) is 0 Å². The summed E-state index contributed by atoms with van der Waals surface area (Å²) in [5.74, 6) is -5.57. The van der Waals surface area contributed by atoms with Gasteiger partial charge >= 0.3 is 35.8 Å². The van der Waals surface area contributed by atoms with Crippen LogP contribution in [0, 0.1) is 0 Å². The van der Waals surface area contributed by atoms with Gasteiger partial charge in [0.05, 0.1) is 20.8 Å². The van der Waals surface area contributed by atoms with Crippen LogP contribution in [0.2, 0.25) is 0 Å². The number of hydrogen-bond donors (Lipinski definition) is 5. The summed E-state index contributed by atoms with van der Waals surface area (Å²) in [6, 6.07) is 0. The van der Waals surface area contributed by atoms with Crippen molar-refractivity contribution in [2.75, 3.05) is 27.3 Å². The second kappa shape index (κ2) is 19.5. The maximum absolute atomic E-state index is 10.7. The van der Waals surface area contributed by atoms with E-state index in [0.29, 0.717) is 6.08 Å². The summed E-state index contributed by atoms with van der Waals surface area (Å²) in [6.45, 7) is -0.794. The number of carboxylic acid groups (broad SMARTS) is 3. The van der Waals surface area contributed by atoms with Crippen LogP contribution in [-0.4, -0.2) is 78.4 Å². The number of hydroxylamine groups is 1. The first-order valence-corrected chi connectivity index (χ1v) is 6.82. The second-order valence-corrected chi connectivity index (χ2v) is 3.79. The van der Waals surface area contributed by atoms with Gasteiger partial charge in [0.15, 0.2) is 0 Å². The monoisotopic (exact) mass is 408 g/mol. The molecule has 0 fully saturated rings. The highest BCUT2D eigenvalue weighted by molar-refractivity contribution is 5.91. The van der Waals surface area contributed by atoms with E-state index in [1.165, 1.54) is 7.11 Å². The van der Waals surface area contributed by atoms with E-state index in [1.54, 1.807) is 0 Å². The van der Waals surface area contributed by atoms with Crippen LogP contribution < -0.4 is 11.2 Å². The number of ether oxygens (including phenoxy) is 2. The molecular weight excluding hydrogens is 388 g/mol. The van der Waals surface area contributed by atoms with Gasteiger partial charge in [-0.2, -0.15) is 0 Å². The third kappa shape index (κ3) is 30.1. The molecule has 0 saturated heterocycles. The highest BCUT2D eigenvalue weighted by atomic mass is 16.7. The Morgan fingerprint density at radius 2 is 1.18 bits per heavy atom. The highest BCUT2D eigenvalue weighted by Gasteiger charge is 2.01. The van der Waals surface area contributed by atoms with Gasteiger partial charge in [0.25, 0.3) is 0 Å². The van der Waals surface area contributed by atoms with E-state index in [1.807, 2.05) is 5.48 Å². The van der Waals surface area contributed by atoms with Crippen LogP contribution in [-0.2, 0) is 43.1 Å². The van der Waals surface area contributed by atoms with E-state index in [0.717, 1.165) is 25.3 Å².